The van der Waals surface area contributed by atoms with Gasteiger partial charge in [0.15, 0.2) is 0 Å². The van der Waals surface area contributed by atoms with Crippen LogP contribution in [0.15, 0.2) is 54.6 Å². The zero-order valence-electron chi connectivity index (χ0n) is 17.9. The quantitative estimate of drug-likeness (QED) is 0.365. The van der Waals surface area contributed by atoms with Gasteiger partial charge in [0.2, 0.25) is 0 Å². The molecule has 8 heteroatoms. The lowest BCUT2D eigenvalue weighted by Gasteiger charge is -2.31. The lowest BCUT2D eigenvalue weighted by Crippen LogP contribution is -2.34. The number of imidazole rings is 1. The van der Waals surface area contributed by atoms with Crippen LogP contribution in [-0.2, 0) is 12.7 Å². The van der Waals surface area contributed by atoms with E-state index in [1.807, 2.05) is 12.1 Å². The van der Waals surface area contributed by atoms with E-state index < -0.39 is 11.7 Å². The number of likely N-dealkylation sites (tertiary alicyclic amines) is 1. The molecular formula is C25H24F3N3OS. The van der Waals surface area contributed by atoms with Crippen LogP contribution in [0.5, 0.6) is 0 Å². The van der Waals surface area contributed by atoms with Gasteiger partial charge in [0.1, 0.15) is 5.82 Å². The SMILES string of the molecule is OCC1CCN(Cc2cccc(-c3ccc(-c4nc5ccc(C(F)(F)F)cc5[nH]4)s3)c2)CC1. The number of halogens is 3. The van der Waals surface area contributed by atoms with E-state index in [1.54, 1.807) is 11.3 Å². The fourth-order valence-corrected chi connectivity index (χ4v) is 5.28. The van der Waals surface area contributed by atoms with Gasteiger partial charge in [0, 0.05) is 18.0 Å². The van der Waals surface area contributed by atoms with Crippen LogP contribution in [0.4, 0.5) is 13.2 Å². The normalized spacial score (nSPS) is 16.0. The molecule has 172 valence electrons. The highest BCUT2D eigenvalue weighted by atomic mass is 32.1. The second-order valence-corrected chi connectivity index (χ2v) is 9.67. The first-order valence-corrected chi connectivity index (χ1v) is 11.8. The molecule has 0 radical (unpaired) electrons. The maximum atomic E-state index is 13.0. The van der Waals surface area contributed by atoms with E-state index in [4.69, 9.17) is 0 Å². The number of nitrogens with one attached hydrogen (secondary N) is 1. The summed E-state index contributed by atoms with van der Waals surface area (Å²) < 4.78 is 39.0. The Hall–Kier alpha value is -2.68. The van der Waals surface area contributed by atoms with Crippen molar-refractivity contribution in [2.24, 2.45) is 5.92 Å². The van der Waals surface area contributed by atoms with Crippen molar-refractivity contribution in [2.75, 3.05) is 19.7 Å². The lowest BCUT2D eigenvalue weighted by atomic mass is 9.97. The third kappa shape index (κ3) is 4.83. The highest BCUT2D eigenvalue weighted by molar-refractivity contribution is 7.18. The summed E-state index contributed by atoms with van der Waals surface area (Å²) in [6, 6.07) is 16.0. The van der Waals surface area contributed by atoms with E-state index in [-0.39, 0.29) is 6.61 Å². The lowest BCUT2D eigenvalue weighted by molar-refractivity contribution is -0.137. The van der Waals surface area contributed by atoms with Crippen LogP contribution >= 0.6 is 11.3 Å². The number of aliphatic hydroxyl groups excluding tert-OH is 1. The molecule has 1 aliphatic rings. The topological polar surface area (TPSA) is 52.1 Å². The van der Waals surface area contributed by atoms with Gasteiger partial charge in [-0.2, -0.15) is 13.2 Å². The third-order valence-corrected chi connectivity index (χ3v) is 7.37. The minimum atomic E-state index is -4.38. The molecule has 5 rings (SSSR count). The maximum Gasteiger partial charge on any atom is 0.416 e. The Labute approximate surface area is 193 Å². The molecule has 4 aromatic rings. The summed E-state index contributed by atoms with van der Waals surface area (Å²) in [6.45, 7) is 3.16. The summed E-state index contributed by atoms with van der Waals surface area (Å²) >= 11 is 1.56. The number of aliphatic hydroxyl groups is 1. The van der Waals surface area contributed by atoms with Gasteiger partial charge >= 0.3 is 6.18 Å². The fraction of sp³-hybridized carbons (Fsp3) is 0.320. The number of H-pyrrole nitrogens is 1. The molecule has 4 nitrogen and oxygen atoms in total. The molecule has 0 aliphatic carbocycles. The van der Waals surface area contributed by atoms with E-state index in [1.165, 1.54) is 11.6 Å². The molecule has 0 amide bonds. The minimum absolute atomic E-state index is 0.277. The largest absolute Gasteiger partial charge is 0.416 e. The molecule has 0 unspecified atom stereocenters. The van der Waals surface area contributed by atoms with Crippen molar-refractivity contribution in [1.82, 2.24) is 14.9 Å². The molecule has 0 bridgehead atoms. The number of hydrogen-bond acceptors (Lipinski definition) is 4. The second-order valence-electron chi connectivity index (χ2n) is 8.58. The van der Waals surface area contributed by atoms with Crippen LogP contribution in [0.2, 0.25) is 0 Å². The van der Waals surface area contributed by atoms with Crippen LogP contribution in [0.3, 0.4) is 0 Å². The van der Waals surface area contributed by atoms with E-state index in [0.29, 0.717) is 22.8 Å². The average molecular weight is 472 g/mol. The van der Waals surface area contributed by atoms with Gasteiger partial charge in [0.05, 0.1) is 21.5 Å². The summed E-state index contributed by atoms with van der Waals surface area (Å²) in [5.41, 5.74) is 2.56. The summed E-state index contributed by atoms with van der Waals surface area (Å²) in [6.07, 6.45) is -2.31. The average Bonchev–Trinajstić information content (AvgIpc) is 3.46. The fourth-order valence-electron chi connectivity index (χ4n) is 4.33. The molecule has 1 saturated heterocycles. The number of rotatable bonds is 5. The smallest absolute Gasteiger partial charge is 0.396 e. The van der Waals surface area contributed by atoms with Crippen molar-refractivity contribution in [3.05, 3.63) is 65.7 Å². The van der Waals surface area contributed by atoms with Crippen molar-refractivity contribution >= 4 is 22.4 Å². The van der Waals surface area contributed by atoms with Gasteiger partial charge in [-0.25, -0.2) is 4.98 Å². The summed E-state index contributed by atoms with van der Waals surface area (Å²) in [5, 5.41) is 9.33. The summed E-state index contributed by atoms with van der Waals surface area (Å²) in [7, 11) is 0. The van der Waals surface area contributed by atoms with Crippen LogP contribution in [0.25, 0.3) is 32.2 Å². The molecule has 33 heavy (non-hydrogen) atoms. The first-order valence-electron chi connectivity index (χ1n) is 11.0. The van der Waals surface area contributed by atoms with Crippen LogP contribution < -0.4 is 0 Å². The number of fused-ring (bicyclic) bond motifs is 1. The van der Waals surface area contributed by atoms with Crippen LogP contribution in [0, 0.1) is 5.92 Å². The monoisotopic (exact) mass is 471 g/mol. The summed E-state index contributed by atoms with van der Waals surface area (Å²) in [4.78, 5) is 11.9. The number of thiophene rings is 1. The van der Waals surface area contributed by atoms with E-state index >= 15 is 0 Å². The van der Waals surface area contributed by atoms with E-state index in [0.717, 1.165) is 59.9 Å². The van der Waals surface area contributed by atoms with Crippen LogP contribution in [0.1, 0.15) is 24.0 Å². The minimum Gasteiger partial charge on any atom is -0.396 e. The van der Waals surface area contributed by atoms with Crippen molar-refractivity contribution in [1.29, 1.82) is 0 Å². The highest BCUT2D eigenvalue weighted by Gasteiger charge is 2.30. The Morgan fingerprint density at radius 2 is 1.82 bits per heavy atom. The molecular weight excluding hydrogens is 447 g/mol. The summed E-state index contributed by atoms with van der Waals surface area (Å²) in [5.74, 6) is 0.999. The standard InChI is InChI=1S/C25H24F3N3OS/c26-25(27,28)19-4-5-20-21(13-19)30-24(29-20)23-7-6-22(33-23)18-3-1-2-17(12-18)14-31-10-8-16(15-32)9-11-31/h1-7,12-13,16,32H,8-11,14-15H2,(H,29,30). The van der Waals surface area contributed by atoms with Gasteiger partial charge in [-0.15, -0.1) is 11.3 Å². The van der Waals surface area contributed by atoms with Gasteiger partial charge in [0.25, 0.3) is 0 Å². The van der Waals surface area contributed by atoms with Gasteiger partial charge in [-0.1, -0.05) is 18.2 Å². The Bertz CT molecular complexity index is 1260. The number of piperidine rings is 1. The molecule has 0 saturated carbocycles. The van der Waals surface area contributed by atoms with Gasteiger partial charge < -0.3 is 10.1 Å². The molecule has 3 heterocycles. The predicted octanol–water partition coefficient (Wildman–Crippen LogP) is 6.18. The molecule has 2 aromatic carbocycles. The molecule has 2 N–H and O–H groups in total. The third-order valence-electron chi connectivity index (χ3n) is 6.23. The number of nitrogens with zero attached hydrogens (tertiary/aromatic N) is 2. The molecule has 0 spiro atoms. The molecule has 1 fully saturated rings. The van der Waals surface area contributed by atoms with Crippen LogP contribution in [-0.4, -0.2) is 39.7 Å². The first kappa shape index (κ1) is 22.1. The van der Waals surface area contributed by atoms with Crippen molar-refractivity contribution < 1.29 is 18.3 Å². The van der Waals surface area contributed by atoms with Crippen molar-refractivity contribution in [3.8, 4) is 21.1 Å². The van der Waals surface area contributed by atoms with E-state index in [2.05, 4.69) is 39.1 Å². The predicted molar refractivity (Wildman–Crippen MR) is 125 cm³/mol. The first-order chi connectivity index (χ1) is 15.9. The van der Waals surface area contributed by atoms with Crippen molar-refractivity contribution in [3.63, 3.8) is 0 Å². The van der Waals surface area contributed by atoms with E-state index in [9.17, 15) is 18.3 Å². The molecule has 0 atom stereocenters. The zero-order chi connectivity index (χ0) is 23.0. The van der Waals surface area contributed by atoms with Gasteiger partial charge in [-0.05, 0) is 79.4 Å². The number of aromatic nitrogens is 2. The zero-order valence-corrected chi connectivity index (χ0v) is 18.7. The highest BCUT2D eigenvalue weighted by Crippen LogP contribution is 2.36. The van der Waals surface area contributed by atoms with Crippen molar-refractivity contribution in [2.45, 2.75) is 25.6 Å². The Kier molecular flexibility index (Phi) is 5.99. The molecule has 1 aliphatic heterocycles. The Morgan fingerprint density at radius 1 is 1.03 bits per heavy atom. The number of benzene rings is 2. The number of alkyl halides is 3. The Balaban J connectivity index is 1.34. The number of hydrogen-bond donors (Lipinski definition) is 2. The van der Waals surface area contributed by atoms with Gasteiger partial charge in [-0.3, -0.25) is 4.90 Å². The number of aromatic amines is 1. The molecule has 2 aromatic heterocycles. The maximum absolute atomic E-state index is 13.0. The second kappa shape index (κ2) is 8.93. The Morgan fingerprint density at radius 3 is 2.58 bits per heavy atom.